The van der Waals surface area contributed by atoms with Crippen LogP contribution in [0.4, 0.5) is 0 Å². The number of para-hydroxylation sites is 1. The molecule has 17 heavy (non-hydrogen) atoms. The van der Waals surface area contributed by atoms with Crippen LogP contribution < -0.4 is 0 Å². The van der Waals surface area contributed by atoms with E-state index in [1.165, 1.54) is 0 Å². The predicted molar refractivity (Wildman–Crippen MR) is 61.5 cm³/mol. The van der Waals surface area contributed by atoms with Crippen molar-refractivity contribution in [3.05, 3.63) is 41.2 Å². The van der Waals surface area contributed by atoms with Crippen LogP contribution in [-0.2, 0) is 11.3 Å². The number of benzene rings is 1. The lowest BCUT2D eigenvalue weighted by molar-refractivity contribution is 0.179. The van der Waals surface area contributed by atoms with Crippen molar-refractivity contribution in [3.8, 4) is 11.8 Å². The van der Waals surface area contributed by atoms with Gasteiger partial charge < -0.3 is 4.74 Å². The van der Waals surface area contributed by atoms with E-state index in [2.05, 4.69) is 10.3 Å². The molecule has 0 saturated carbocycles. The highest BCUT2D eigenvalue weighted by molar-refractivity contribution is 5.42. The molecule has 86 valence electrons. The van der Waals surface area contributed by atoms with E-state index < -0.39 is 0 Å². The van der Waals surface area contributed by atoms with E-state index in [0.717, 1.165) is 11.3 Å². The van der Waals surface area contributed by atoms with Crippen LogP contribution in [-0.4, -0.2) is 22.1 Å². The van der Waals surface area contributed by atoms with Gasteiger partial charge in [0.25, 0.3) is 0 Å². The van der Waals surface area contributed by atoms with Gasteiger partial charge in [-0.05, 0) is 18.6 Å². The van der Waals surface area contributed by atoms with Crippen LogP contribution in [0.15, 0.2) is 24.3 Å². The molecule has 0 aliphatic heterocycles. The number of nitriles is 1. The summed E-state index contributed by atoms with van der Waals surface area (Å²) in [6, 6.07) is 9.81. The maximum Gasteiger partial charge on any atom is 0.188 e. The molecule has 2 aromatic rings. The number of hydrogen-bond donors (Lipinski definition) is 0. The molecule has 0 aliphatic rings. The molecule has 0 saturated heterocycles. The Morgan fingerprint density at radius 2 is 2.18 bits per heavy atom. The molecule has 2 rings (SSSR count). The fraction of sp³-hybridized carbons (Fsp3) is 0.250. The fourth-order valence-corrected chi connectivity index (χ4v) is 1.65. The van der Waals surface area contributed by atoms with E-state index in [4.69, 9.17) is 10.00 Å². The molecule has 0 atom stereocenters. The summed E-state index contributed by atoms with van der Waals surface area (Å²) in [5.41, 5.74) is 2.95. The van der Waals surface area contributed by atoms with Gasteiger partial charge in [0.1, 0.15) is 11.8 Å². The number of aryl methyl sites for hydroxylation is 1. The molecule has 1 aromatic carbocycles. The van der Waals surface area contributed by atoms with Gasteiger partial charge >= 0.3 is 0 Å². The zero-order chi connectivity index (χ0) is 12.3. The molecule has 5 heteroatoms. The summed E-state index contributed by atoms with van der Waals surface area (Å²) in [7, 11) is 1.58. The second-order valence-corrected chi connectivity index (χ2v) is 3.63. The Labute approximate surface area is 99.2 Å². The molecule has 0 spiro atoms. The minimum atomic E-state index is 0.301. The molecule has 0 unspecified atom stereocenters. The van der Waals surface area contributed by atoms with Gasteiger partial charge in [0.2, 0.25) is 0 Å². The van der Waals surface area contributed by atoms with E-state index in [1.54, 1.807) is 11.8 Å². The third-order valence-corrected chi connectivity index (χ3v) is 2.49. The first-order chi connectivity index (χ1) is 8.27. The third kappa shape index (κ3) is 2.03. The molecule has 0 amide bonds. The maximum atomic E-state index is 8.95. The lowest BCUT2D eigenvalue weighted by Crippen LogP contribution is -2.05. The van der Waals surface area contributed by atoms with Gasteiger partial charge in [-0.15, -0.1) is 5.10 Å². The Balaban J connectivity index is 2.57. The zero-order valence-electron chi connectivity index (χ0n) is 9.71. The number of aromatic nitrogens is 3. The van der Waals surface area contributed by atoms with Gasteiger partial charge in [-0.3, -0.25) is 0 Å². The van der Waals surface area contributed by atoms with Crippen LogP contribution >= 0.6 is 0 Å². The van der Waals surface area contributed by atoms with Crippen LogP contribution in [0.3, 0.4) is 0 Å². The number of methoxy groups -OCH3 is 1. The summed E-state index contributed by atoms with van der Waals surface area (Å²) in [6.07, 6.45) is 0. The standard InChI is InChI=1S/C12H12N4O/c1-9-5-3-4-6-11(9)16-12(8-17-2)10(7-13)14-15-16/h3-6H,8H2,1-2H3. The summed E-state index contributed by atoms with van der Waals surface area (Å²) in [6.45, 7) is 2.30. The topological polar surface area (TPSA) is 63.7 Å². The highest BCUT2D eigenvalue weighted by Crippen LogP contribution is 2.16. The SMILES string of the molecule is COCc1c(C#N)nnn1-c1ccccc1C. The van der Waals surface area contributed by atoms with Crippen molar-refractivity contribution < 1.29 is 4.74 Å². The minimum absolute atomic E-state index is 0.301. The summed E-state index contributed by atoms with van der Waals surface area (Å²) in [4.78, 5) is 0. The van der Waals surface area contributed by atoms with Crippen molar-refractivity contribution >= 4 is 0 Å². The Hall–Kier alpha value is -2.19. The highest BCUT2D eigenvalue weighted by Gasteiger charge is 2.14. The fourth-order valence-electron chi connectivity index (χ4n) is 1.65. The average Bonchev–Trinajstić information content (AvgIpc) is 2.73. The van der Waals surface area contributed by atoms with Crippen LogP contribution in [0.2, 0.25) is 0 Å². The van der Waals surface area contributed by atoms with Gasteiger partial charge in [0, 0.05) is 7.11 Å². The molecule has 0 radical (unpaired) electrons. The number of nitrogens with zero attached hydrogens (tertiary/aromatic N) is 4. The van der Waals surface area contributed by atoms with Crippen LogP contribution in [0, 0.1) is 18.3 Å². The third-order valence-electron chi connectivity index (χ3n) is 2.49. The molecule has 1 heterocycles. The summed E-state index contributed by atoms with van der Waals surface area (Å²) in [5, 5.41) is 16.8. The largest absolute Gasteiger partial charge is 0.378 e. The first kappa shape index (κ1) is 11.3. The molecule has 0 N–H and O–H groups in total. The second kappa shape index (κ2) is 4.76. The normalized spacial score (nSPS) is 10.2. The van der Waals surface area contributed by atoms with Gasteiger partial charge in [-0.1, -0.05) is 23.4 Å². The smallest absolute Gasteiger partial charge is 0.188 e. The van der Waals surface area contributed by atoms with Crippen molar-refractivity contribution in [1.29, 1.82) is 5.26 Å². The van der Waals surface area contributed by atoms with Gasteiger partial charge in [-0.2, -0.15) is 5.26 Å². The molecule has 1 aromatic heterocycles. The first-order valence-corrected chi connectivity index (χ1v) is 5.17. The average molecular weight is 228 g/mol. The van der Waals surface area contributed by atoms with Gasteiger partial charge in [-0.25, -0.2) is 4.68 Å². The molecule has 0 bridgehead atoms. The highest BCUT2D eigenvalue weighted by atomic mass is 16.5. The lowest BCUT2D eigenvalue weighted by atomic mass is 10.2. The molecule has 0 aliphatic carbocycles. The summed E-state index contributed by atoms with van der Waals surface area (Å²) < 4.78 is 6.73. The molecule has 5 nitrogen and oxygen atoms in total. The number of rotatable bonds is 3. The first-order valence-electron chi connectivity index (χ1n) is 5.17. The number of hydrogen-bond acceptors (Lipinski definition) is 4. The van der Waals surface area contributed by atoms with E-state index in [-0.39, 0.29) is 0 Å². The Bertz CT molecular complexity index is 568. The maximum absolute atomic E-state index is 8.95. The summed E-state index contributed by atoms with van der Waals surface area (Å²) >= 11 is 0. The van der Waals surface area contributed by atoms with Crippen molar-refractivity contribution in [3.63, 3.8) is 0 Å². The molecule has 0 fully saturated rings. The second-order valence-electron chi connectivity index (χ2n) is 3.63. The van der Waals surface area contributed by atoms with Gasteiger partial charge in [0.05, 0.1) is 12.3 Å². The minimum Gasteiger partial charge on any atom is -0.378 e. The Morgan fingerprint density at radius 1 is 1.41 bits per heavy atom. The van der Waals surface area contributed by atoms with E-state index in [9.17, 15) is 0 Å². The van der Waals surface area contributed by atoms with Crippen molar-refractivity contribution in [2.75, 3.05) is 7.11 Å². The zero-order valence-corrected chi connectivity index (χ0v) is 9.71. The predicted octanol–water partition coefficient (Wildman–Crippen LogP) is 1.59. The van der Waals surface area contributed by atoms with E-state index in [1.807, 2.05) is 37.3 Å². The Kier molecular flexibility index (Phi) is 3.17. The van der Waals surface area contributed by atoms with Crippen molar-refractivity contribution in [1.82, 2.24) is 15.0 Å². The quantitative estimate of drug-likeness (QED) is 0.800. The van der Waals surface area contributed by atoms with Crippen LogP contribution in [0.5, 0.6) is 0 Å². The molecular weight excluding hydrogens is 216 g/mol. The molecular formula is C12H12N4O. The summed E-state index contributed by atoms with van der Waals surface area (Å²) in [5.74, 6) is 0. The van der Waals surface area contributed by atoms with E-state index in [0.29, 0.717) is 18.0 Å². The van der Waals surface area contributed by atoms with Gasteiger partial charge in [0.15, 0.2) is 5.69 Å². The van der Waals surface area contributed by atoms with Crippen LogP contribution in [0.25, 0.3) is 5.69 Å². The number of ether oxygens (including phenoxy) is 1. The van der Waals surface area contributed by atoms with Crippen molar-refractivity contribution in [2.24, 2.45) is 0 Å². The van der Waals surface area contributed by atoms with Crippen LogP contribution in [0.1, 0.15) is 17.0 Å². The Morgan fingerprint density at radius 3 is 2.82 bits per heavy atom. The van der Waals surface area contributed by atoms with E-state index >= 15 is 0 Å². The monoisotopic (exact) mass is 228 g/mol. The van der Waals surface area contributed by atoms with Crippen molar-refractivity contribution in [2.45, 2.75) is 13.5 Å². The lowest BCUT2D eigenvalue weighted by Gasteiger charge is -2.08.